The zero-order valence-electron chi connectivity index (χ0n) is 20.6. The molecule has 0 spiro atoms. The van der Waals surface area contributed by atoms with Gasteiger partial charge < -0.3 is 15.0 Å². The van der Waals surface area contributed by atoms with E-state index in [1.165, 1.54) is 24.1 Å². The lowest BCUT2D eigenvalue weighted by Gasteiger charge is -2.33. The van der Waals surface area contributed by atoms with Gasteiger partial charge in [0.2, 0.25) is 21.8 Å². The number of benzene rings is 2. The summed E-state index contributed by atoms with van der Waals surface area (Å²) in [5, 5.41) is 3.61. The standard InChI is InChI=1S/C24H31Cl2N3O5S/c1-16(23(31)27-24(2,3)4)28(14-17-8-7-9-18(25)12-17)22(30)15-29(35(6,32)33)20-13-19(26)10-11-21(20)34-5/h7-13,16H,14-15H2,1-6H3,(H,27,31)/t16-/m0/s1. The van der Waals surface area contributed by atoms with Gasteiger partial charge in [0.05, 0.1) is 19.1 Å². The molecule has 0 aliphatic carbocycles. The lowest BCUT2D eigenvalue weighted by molar-refractivity contribution is -0.140. The molecule has 0 unspecified atom stereocenters. The molecule has 192 valence electrons. The van der Waals surface area contributed by atoms with Crippen LogP contribution in [0.3, 0.4) is 0 Å². The number of hydrogen-bond acceptors (Lipinski definition) is 5. The third kappa shape index (κ3) is 8.30. The van der Waals surface area contributed by atoms with Crippen LogP contribution in [-0.2, 0) is 26.2 Å². The van der Waals surface area contributed by atoms with Gasteiger partial charge in [-0.05, 0) is 63.6 Å². The van der Waals surface area contributed by atoms with Crippen molar-refractivity contribution in [2.45, 2.75) is 45.8 Å². The van der Waals surface area contributed by atoms with Crippen molar-refractivity contribution in [3.8, 4) is 5.75 Å². The Hall–Kier alpha value is -2.49. The minimum absolute atomic E-state index is 0.0441. The van der Waals surface area contributed by atoms with Crippen LogP contribution in [0.2, 0.25) is 10.0 Å². The first-order valence-corrected chi connectivity index (χ1v) is 13.4. The van der Waals surface area contributed by atoms with E-state index < -0.39 is 34.1 Å². The molecule has 0 aromatic heterocycles. The van der Waals surface area contributed by atoms with E-state index >= 15 is 0 Å². The zero-order chi connectivity index (χ0) is 26.6. The molecule has 0 saturated heterocycles. The van der Waals surface area contributed by atoms with Crippen LogP contribution in [-0.4, -0.2) is 56.6 Å². The summed E-state index contributed by atoms with van der Waals surface area (Å²) in [5.74, 6) is -0.736. The average Bonchev–Trinajstić information content (AvgIpc) is 2.73. The van der Waals surface area contributed by atoms with Crippen LogP contribution in [0.5, 0.6) is 5.75 Å². The van der Waals surface area contributed by atoms with Crippen LogP contribution < -0.4 is 14.4 Å². The highest BCUT2D eigenvalue weighted by Crippen LogP contribution is 2.33. The summed E-state index contributed by atoms with van der Waals surface area (Å²) in [6, 6.07) is 10.5. The predicted molar refractivity (Wildman–Crippen MR) is 140 cm³/mol. The third-order valence-electron chi connectivity index (χ3n) is 5.00. The molecule has 1 N–H and O–H groups in total. The second-order valence-electron chi connectivity index (χ2n) is 9.15. The number of methoxy groups -OCH3 is 1. The summed E-state index contributed by atoms with van der Waals surface area (Å²) in [4.78, 5) is 27.9. The molecule has 0 aliphatic heterocycles. The molecular weight excluding hydrogens is 513 g/mol. The van der Waals surface area contributed by atoms with Crippen LogP contribution in [0.25, 0.3) is 0 Å². The van der Waals surface area contributed by atoms with Gasteiger partial charge in [-0.1, -0.05) is 35.3 Å². The average molecular weight is 545 g/mol. The molecule has 0 saturated carbocycles. The number of carbonyl (C=O) groups excluding carboxylic acids is 2. The Morgan fingerprint density at radius 3 is 2.26 bits per heavy atom. The zero-order valence-corrected chi connectivity index (χ0v) is 23.0. The Balaban J connectivity index is 2.48. The number of carbonyl (C=O) groups is 2. The minimum Gasteiger partial charge on any atom is -0.495 e. The largest absolute Gasteiger partial charge is 0.495 e. The van der Waals surface area contributed by atoms with E-state index in [0.29, 0.717) is 10.6 Å². The topological polar surface area (TPSA) is 96.0 Å². The number of amides is 2. The number of nitrogens with zero attached hydrogens (tertiary/aromatic N) is 2. The normalized spacial score (nSPS) is 12.6. The Kier molecular flexibility index (Phi) is 9.44. The van der Waals surface area contributed by atoms with Crippen molar-refractivity contribution in [2.24, 2.45) is 0 Å². The van der Waals surface area contributed by atoms with Gasteiger partial charge in [-0.15, -0.1) is 0 Å². The molecule has 2 aromatic rings. The molecule has 2 rings (SSSR count). The maximum Gasteiger partial charge on any atom is 0.244 e. The minimum atomic E-state index is -3.92. The molecule has 0 heterocycles. The van der Waals surface area contributed by atoms with Crippen LogP contribution in [0.4, 0.5) is 5.69 Å². The van der Waals surface area contributed by atoms with Crippen LogP contribution in [0.15, 0.2) is 42.5 Å². The van der Waals surface area contributed by atoms with Crippen molar-refractivity contribution < 1.29 is 22.7 Å². The SMILES string of the molecule is COc1ccc(Cl)cc1N(CC(=O)N(Cc1cccc(Cl)c1)[C@@H](C)C(=O)NC(C)(C)C)S(C)(=O)=O. The van der Waals surface area contributed by atoms with Gasteiger partial charge in [-0.2, -0.15) is 0 Å². The first-order valence-electron chi connectivity index (χ1n) is 10.8. The van der Waals surface area contributed by atoms with Crippen molar-refractivity contribution >= 4 is 50.7 Å². The molecule has 0 radical (unpaired) electrons. The maximum atomic E-state index is 13.6. The van der Waals surface area contributed by atoms with Gasteiger partial charge >= 0.3 is 0 Å². The van der Waals surface area contributed by atoms with Crippen molar-refractivity contribution in [3.63, 3.8) is 0 Å². The van der Waals surface area contributed by atoms with E-state index in [1.54, 1.807) is 37.3 Å². The molecule has 2 aromatic carbocycles. The Morgan fingerprint density at radius 2 is 1.71 bits per heavy atom. The Bertz CT molecular complexity index is 1180. The number of anilines is 1. The second-order valence-corrected chi connectivity index (χ2v) is 11.9. The van der Waals surface area contributed by atoms with Gasteiger partial charge in [0, 0.05) is 22.1 Å². The fourth-order valence-electron chi connectivity index (χ4n) is 3.34. The Morgan fingerprint density at radius 1 is 1.09 bits per heavy atom. The molecule has 0 bridgehead atoms. The molecule has 0 aliphatic rings. The van der Waals surface area contributed by atoms with Crippen molar-refractivity contribution in [1.82, 2.24) is 10.2 Å². The monoisotopic (exact) mass is 543 g/mol. The number of sulfonamides is 1. The molecule has 11 heteroatoms. The fraction of sp³-hybridized carbons (Fsp3) is 0.417. The fourth-order valence-corrected chi connectivity index (χ4v) is 4.57. The van der Waals surface area contributed by atoms with E-state index in [9.17, 15) is 18.0 Å². The lowest BCUT2D eigenvalue weighted by Crippen LogP contribution is -2.54. The number of ether oxygens (including phenoxy) is 1. The van der Waals surface area contributed by atoms with Gasteiger partial charge in [-0.3, -0.25) is 13.9 Å². The van der Waals surface area contributed by atoms with E-state index in [1.807, 2.05) is 20.8 Å². The number of nitrogens with one attached hydrogen (secondary N) is 1. The predicted octanol–water partition coefficient (Wildman–Crippen LogP) is 4.10. The van der Waals surface area contributed by atoms with Gasteiger partial charge in [0.25, 0.3) is 0 Å². The third-order valence-corrected chi connectivity index (χ3v) is 6.59. The van der Waals surface area contributed by atoms with Crippen molar-refractivity contribution in [1.29, 1.82) is 0 Å². The highest BCUT2D eigenvalue weighted by atomic mass is 35.5. The molecule has 1 atom stereocenters. The van der Waals surface area contributed by atoms with Crippen molar-refractivity contribution in [2.75, 3.05) is 24.2 Å². The van der Waals surface area contributed by atoms with E-state index in [2.05, 4.69) is 5.32 Å². The van der Waals surface area contributed by atoms with Crippen LogP contribution in [0.1, 0.15) is 33.3 Å². The number of rotatable bonds is 9. The molecule has 2 amide bonds. The maximum absolute atomic E-state index is 13.6. The lowest BCUT2D eigenvalue weighted by atomic mass is 10.1. The molecule has 8 nitrogen and oxygen atoms in total. The van der Waals surface area contributed by atoms with Gasteiger partial charge in [-0.25, -0.2) is 8.42 Å². The summed E-state index contributed by atoms with van der Waals surface area (Å²) in [6.07, 6.45) is 0.984. The van der Waals surface area contributed by atoms with Crippen LogP contribution >= 0.6 is 23.2 Å². The van der Waals surface area contributed by atoms with Gasteiger partial charge in [0.1, 0.15) is 18.3 Å². The second kappa shape index (κ2) is 11.5. The summed E-state index contributed by atoms with van der Waals surface area (Å²) in [5.41, 5.74) is 0.279. The summed E-state index contributed by atoms with van der Waals surface area (Å²) in [6.45, 7) is 6.56. The van der Waals surface area contributed by atoms with Crippen LogP contribution in [0, 0.1) is 0 Å². The van der Waals surface area contributed by atoms with Gasteiger partial charge in [0.15, 0.2) is 0 Å². The highest BCUT2D eigenvalue weighted by molar-refractivity contribution is 7.92. The number of halogens is 2. The molecular formula is C24H31Cl2N3O5S. The van der Waals surface area contributed by atoms with E-state index in [4.69, 9.17) is 27.9 Å². The Labute approximate surface area is 217 Å². The first-order chi connectivity index (χ1) is 16.1. The summed E-state index contributed by atoms with van der Waals surface area (Å²) in [7, 11) is -2.54. The summed E-state index contributed by atoms with van der Waals surface area (Å²) < 4.78 is 31.7. The quantitative estimate of drug-likeness (QED) is 0.513. The van der Waals surface area contributed by atoms with E-state index in [0.717, 1.165) is 10.6 Å². The summed E-state index contributed by atoms with van der Waals surface area (Å²) >= 11 is 12.2. The molecule has 35 heavy (non-hydrogen) atoms. The van der Waals surface area contributed by atoms with E-state index in [-0.39, 0.29) is 28.9 Å². The van der Waals surface area contributed by atoms with Crippen molar-refractivity contribution in [3.05, 3.63) is 58.1 Å². The molecule has 0 fully saturated rings. The highest BCUT2D eigenvalue weighted by Gasteiger charge is 2.32. The number of hydrogen-bond donors (Lipinski definition) is 1. The first kappa shape index (κ1) is 28.7. The smallest absolute Gasteiger partial charge is 0.244 e.